The molecule has 4 nitrogen and oxygen atoms in total. The van der Waals surface area contributed by atoms with Crippen LogP contribution in [0.25, 0.3) is 11.3 Å². The van der Waals surface area contributed by atoms with Crippen molar-refractivity contribution >= 4 is 17.2 Å². The van der Waals surface area contributed by atoms with Crippen LogP contribution in [0, 0.1) is 6.92 Å². The summed E-state index contributed by atoms with van der Waals surface area (Å²) in [5.41, 5.74) is 3.74. The molecule has 3 rings (SSSR count). The van der Waals surface area contributed by atoms with Crippen molar-refractivity contribution in [3.05, 3.63) is 78.2 Å². The summed E-state index contributed by atoms with van der Waals surface area (Å²) in [6.45, 7) is 1.99. The molecule has 2 aromatic carbocycles. The van der Waals surface area contributed by atoms with Gasteiger partial charge in [-0.25, -0.2) is 4.21 Å². The van der Waals surface area contributed by atoms with E-state index < -0.39 is 11.0 Å². The Bertz CT molecular complexity index is 846. The normalized spacial score (nSPS) is 12.4. The van der Waals surface area contributed by atoms with Crippen LogP contribution in [0.15, 0.2) is 76.4 Å². The molecule has 0 aliphatic carbocycles. The minimum Gasteiger partial charge on any atom is -0.261 e. The summed E-state index contributed by atoms with van der Waals surface area (Å²) in [6.07, 6.45) is 6.62. The topological polar surface area (TPSA) is 55.2 Å². The van der Waals surface area contributed by atoms with Crippen molar-refractivity contribution < 1.29 is 4.21 Å². The summed E-state index contributed by atoms with van der Waals surface area (Å²) in [5, 5.41) is 0. The first-order valence-corrected chi connectivity index (χ1v) is 8.22. The molecule has 0 unspecified atom stereocenters. The molecule has 0 amide bonds. The Morgan fingerprint density at radius 2 is 1.91 bits per heavy atom. The largest absolute Gasteiger partial charge is 0.261 e. The van der Waals surface area contributed by atoms with E-state index >= 15 is 0 Å². The highest BCUT2D eigenvalue weighted by Crippen LogP contribution is 2.16. The number of hydrogen-bond donors (Lipinski definition) is 0. The average molecular weight is 321 g/mol. The van der Waals surface area contributed by atoms with Gasteiger partial charge >= 0.3 is 0 Å². The first kappa shape index (κ1) is 15.2. The van der Waals surface area contributed by atoms with Crippen LogP contribution in [0.1, 0.15) is 11.1 Å². The quantitative estimate of drug-likeness (QED) is 0.690. The predicted octanol–water partition coefficient (Wildman–Crippen LogP) is 3.59. The zero-order chi connectivity index (χ0) is 16.1. The van der Waals surface area contributed by atoms with Crippen molar-refractivity contribution in [1.82, 2.24) is 9.97 Å². The van der Waals surface area contributed by atoms with Gasteiger partial charge in [-0.05, 0) is 30.7 Å². The molecular formula is C18H15N3OS. The lowest BCUT2D eigenvalue weighted by molar-refractivity contribution is 0.684. The molecule has 23 heavy (non-hydrogen) atoms. The molecule has 1 aromatic heterocycles. The van der Waals surface area contributed by atoms with Gasteiger partial charge in [0.1, 0.15) is 0 Å². The van der Waals surface area contributed by atoms with E-state index in [1.54, 1.807) is 24.8 Å². The number of rotatable bonds is 4. The van der Waals surface area contributed by atoms with Gasteiger partial charge in [-0.15, -0.1) is 0 Å². The molecule has 0 aliphatic rings. The van der Waals surface area contributed by atoms with Gasteiger partial charge in [0.15, 0.2) is 11.0 Å². The molecule has 114 valence electrons. The maximum atomic E-state index is 12.2. The van der Waals surface area contributed by atoms with Gasteiger partial charge in [0.05, 0.1) is 16.8 Å². The molecule has 0 saturated carbocycles. The Labute approximate surface area is 137 Å². The molecule has 0 saturated heterocycles. The van der Waals surface area contributed by atoms with Crippen LogP contribution in [0.5, 0.6) is 0 Å². The molecule has 0 radical (unpaired) electrons. The van der Waals surface area contributed by atoms with Gasteiger partial charge < -0.3 is 0 Å². The first-order chi connectivity index (χ1) is 11.2. The second-order valence-corrected chi connectivity index (χ2v) is 6.19. The van der Waals surface area contributed by atoms with Crippen molar-refractivity contribution in [2.24, 2.45) is 4.40 Å². The first-order valence-electron chi connectivity index (χ1n) is 7.11. The third kappa shape index (κ3) is 3.96. The summed E-state index contributed by atoms with van der Waals surface area (Å²) >= 11 is 0. The van der Waals surface area contributed by atoms with Crippen LogP contribution in [-0.2, 0) is 11.0 Å². The highest BCUT2D eigenvalue weighted by molar-refractivity contribution is 7.83. The monoisotopic (exact) mass is 321 g/mol. The van der Waals surface area contributed by atoms with Crippen molar-refractivity contribution in [2.45, 2.75) is 11.8 Å². The van der Waals surface area contributed by atoms with Crippen molar-refractivity contribution in [3.8, 4) is 11.3 Å². The third-order valence-corrected chi connectivity index (χ3v) is 4.24. The molecule has 0 aliphatic heterocycles. The number of nitrogens with zero attached hydrogens (tertiary/aromatic N) is 3. The second-order valence-electron chi connectivity index (χ2n) is 5.01. The van der Waals surface area contributed by atoms with E-state index in [9.17, 15) is 4.21 Å². The van der Waals surface area contributed by atoms with E-state index in [0.717, 1.165) is 22.4 Å². The molecule has 0 N–H and O–H groups in total. The van der Waals surface area contributed by atoms with E-state index in [1.165, 1.54) is 0 Å². The molecule has 0 fully saturated rings. The fourth-order valence-corrected chi connectivity index (χ4v) is 2.76. The highest BCUT2D eigenvalue weighted by Gasteiger charge is 2.02. The van der Waals surface area contributed by atoms with Crippen LogP contribution in [0.4, 0.5) is 0 Å². The summed E-state index contributed by atoms with van der Waals surface area (Å²) in [5.74, 6) is 0. The van der Waals surface area contributed by atoms with Gasteiger partial charge in [0, 0.05) is 24.2 Å². The number of benzene rings is 2. The van der Waals surface area contributed by atoms with E-state index in [2.05, 4.69) is 14.4 Å². The standard InChI is InChI=1S/C18H15N3OS/c1-14-5-7-17(8-6-14)23(22)21-12-15-3-2-4-16(11-15)18-13-19-9-10-20-18/h2-13H,1H3/b21-12+/t23-/m1/s1. The van der Waals surface area contributed by atoms with E-state index in [-0.39, 0.29) is 0 Å². The SMILES string of the molecule is Cc1ccc([S@@](=O)/N=C/c2cccc(-c3cnccn3)c2)cc1. The smallest absolute Gasteiger partial charge is 0.172 e. The van der Waals surface area contributed by atoms with Crippen molar-refractivity contribution in [2.75, 3.05) is 0 Å². The van der Waals surface area contributed by atoms with Crippen LogP contribution in [0.3, 0.4) is 0 Å². The maximum Gasteiger partial charge on any atom is 0.172 e. The lowest BCUT2D eigenvalue weighted by Gasteiger charge is -2.01. The molecule has 0 spiro atoms. The highest BCUT2D eigenvalue weighted by atomic mass is 32.2. The fourth-order valence-electron chi connectivity index (χ4n) is 2.05. The molecule has 1 atom stereocenters. The van der Waals surface area contributed by atoms with Crippen LogP contribution in [-0.4, -0.2) is 20.4 Å². The van der Waals surface area contributed by atoms with Gasteiger partial charge in [0.2, 0.25) is 0 Å². The summed E-state index contributed by atoms with van der Waals surface area (Å²) in [4.78, 5) is 9.03. The van der Waals surface area contributed by atoms with E-state index in [1.807, 2.05) is 55.5 Å². The zero-order valence-electron chi connectivity index (χ0n) is 12.6. The van der Waals surface area contributed by atoms with Gasteiger partial charge in [-0.2, -0.15) is 4.40 Å². The average Bonchev–Trinajstić information content (AvgIpc) is 2.61. The summed E-state index contributed by atoms with van der Waals surface area (Å²) < 4.78 is 16.3. The molecule has 3 aromatic rings. The molecular weight excluding hydrogens is 306 g/mol. The van der Waals surface area contributed by atoms with Crippen LogP contribution in [0.2, 0.25) is 0 Å². The Kier molecular flexibility index (Phi) is 4.68. The zero-order valence-corrected chi connectivity index (χ0v) is 13.4. The molecule has 0 bridgehead atoms. The Balaban J connectivity index is 1.80. The Morgan fingerprint density at radius 3 is 2.65 bits per heavy atom. The lowest BCUT2D eigenvalue weighted by atomic mass is 10.1. The Hall–Kier alpha value is -2.66. The minimum atomic E-state index is -1.40. The van der Waals surface area contributed by atoms with Gasteiger partial charge in [0.25, 0.3) is 0 Å². The van der Waals surface area contributed by atoms with Gasteiger partial charge in [-0.3, -0.25) is 9.97 Å². The minimum absolute atomic E-state index is 0.692. The lowest BCUT2D eigenvalue weighted by Crippen LogP contribution is -1.90. The van der Waals surface area contributed by atoms with Gasteiger partial charge in [-0.1, -0.05) is 35.9 Å². The Morgan fingerprint density at radius 1 is 1.09 bits per heavy atom. The summed E-state index contributed by atoms with van der Waals surface area (Å²) in [7, 11) is -1.40. The second kappa shape index (κ2) is 7.07. The number of aromatic nitrogens is 2. The van der Waals surface area contributed by atoms with Crippen molar-refractivity contribution in [3.63, 3.8) is 0 Å². The maximum absolute atomic E-state index is 12.2. The van der Waals surface area contributed by atoms with E-state index in [0.29, 0.717) is 4.90 Å². The number of aryl methyl sites for hydroxylation is 1. The van der Waals surface area contributed by atoms with Crippen molar-refractivity contribution in [1.29, 1.82) is 0 Å². The molecule has 5 heteroatoms. The predicted molar refractivity (Wildman–Crippen MR) is 92.6 cm³/mol. The fraction of sp³-hybridized carbons (Fsp3) is 0.0556. The third-order valence-electron chi connectivity index (χ3n) is 3.27. The van der Waals surface area contributed by atoms with Crippen LogP contribution >= 0.6 is 0 Å². The molecule has 1 heterocycles. The summed E-state index contributed by atoms with van der Waals surface area (Å²) in [6, 6.07) is 15.3. The van der Waals surface area contributed by atoms with Crippen LogP contribution < -0.4 is 0 Å². The van der Waals surface area contributed by atoms with E-state index in [4.69, 9.17) is 0 Å². The number of hydrogen-bond acceptors (Lipinski definition) is 3.